The summed E-state index contributed by atoms with van der Waals surface area (Å²) in [6.07, 6.45) is 2.50. The van der Waals surface area contributed by atoms with E-state index in [-0.39, 0.29) is 0 Å². The van der Waals surface area contributed by atoms with Crippen LogP contribution in [0.1, 0.15) is 71.0 Å². The molecule has 0 radical (unpaired) electrons. The van der Waals surface area contributed by atoms with Crippen molar-refractivity contribution in [3.05, 3.63) is 17.0 Å². The Morgan fingerprint density at radius 3 is 2.22 bits per heavy atom. The number of aryl methyl sites for hydroxylation is 2. The molecule has 0 aliphatic carbocycles. The molecular weight excluding hydrogens is 224 g/mol. The van der Waals surface area contributed by atoms with Crippen molar-refractivity contribution in [2.24, 2.45) is 5.41 Å². The van der Waals surface area contributed by atoms with Crippen LogP contribution in [0.3, 0.4) is 0 Å². The predicted molar refractivity (Wildman–Crippen MR) is 75.7 cm³/mol. The summed E-state index contributed by atoms with van der Waals surface area (Å²) in [6, 6.07) is 0. The summed E-state index contributed by atoms with van der Waals surface area (Å²) in [5.74, 6) is 0. The zero-order valence-corrected chi connectivity index (χ0v) is 12.7. The number of aromatic nitrogens is 2. The lowest BCUT2D eigenvalue weighted by Gasteiger charge is -2.18. The molecule has 0 aliphatic heterocycles. The van der Waals surface area contributed by atoms with E-state index < -0.39 is 6.10 Å². The van der Waals surface area contributed by atoms with Crippen molar-refractivity contribution in [1.82, 2.24) is 9.78 Å². The van der Waals surface area contributed by atoms with Crippen molar-refractivity contribution >= 4 is 0 Å². The van der Waals surface area contributed by atoms with Gasteiger partial charge in [0, 0.05) is 17.8 Å². The maximum atomic E-state index is 9.94. The highest BCUT2D eigenvalue weighted by molar-refractivity contribution is 5.28. The van der Waals surface area contributed by atoms with Crippen molar-refractivity contribution < 1.29 is 5.11 Å². The molecule has 0 saturated heterocycles. The van der Waals surface area contributed by atoms with Gasteiger partial charge in [0.25, 0.3) is 0 Å². The van der Waals surface area contributed by atoms with Gasteiger partial charge in [0.05, 0.1) is 11.8 Å². The summed E-state index contributed by atoms with van der Waals surface area (Å²) >= 11 is 0. The van der Waals surface area contributed by atoms with E-state index in [0.717, 1.165) is 37.1 Å². The van der Waals surface area contributed by atoms with Crippen LogP contribution in [0.25, 0.3) is 0 Å². The van der Waals surface area contributed by atoms with E-state index in [9.17, 15) is 5.11 Å². The summed E-state index contributed by atoms with van der Waals surface area (Å²) in [4.78, 5) is 0. The van der Waals surface area contributed by atoms with Gasteiger partial charge in [-0.3, -0.25) is 4.68 Å². The lowest BCUT2D eigenvalue weighted by Crippen LogP contribution is -2.13. The van der Waals surface area contributed by atoms with E-state index in [2.05, 4.69) is 44.4 Å². The minimum absolute atomic E-state index is 0.314. The first kappa shape index (κ1) is 15.2. The zero-order valence-electron chi connectivity index (χ0n) is 12.7. The van der Waals surface area contributed by atoms with Gasteiger partial charge in [-0.2, -0.15) is 5.10 Å². The molecule has 1 N–H and O–H groups in total. The van der Waals surface area contributed by atoms with Crippen molar-refractivity contribution in [3.63, 3.8) is 0 Å². The standard InChI is InChI=1S/C15H28N2O/c1-7-12-14(11(3)18)13(8-2)17(16-12)10-9-15(4,5)6/h11,18H,7-10H2,1-6H3. The molecule has 0 spiro atoms. The molecule has 0 saturated carbocycles. The molecule has 1 heterocycles. The van der Waals surface area contributed by atoms with E-state index in [4.69, 9.17) is 0 Å². The van der Waals surface area contributed by atoms with Crippen LogP contribution in [0.4, 0.5) is 0 Å². The highest BCUT2D eigenvalue weighted by atomic mass is 16.3. The van der Waals surface area contributed by atoms with Gasteiger partial charge >= 0.3 is 0 Å². The average Bonchev–Trinajstić information content (AvgIpc) is 2.63. The smallest absolute Gasteiger partial charge is 0.0798 e. The number of aliphatic hydroxyl groups excluding tert-OH is 1. The zero-order chi connectivity index (χ0) is 13.9. The molecule has 0 bridgehead atoms. The third-order valence-electron chi connectivity index (χ3n) is 3.34. The van der Waals surface area contributed by atoms with Crippen LogP contribution in [-0.4, -0.2) is 14.9 Å². The molecule has 1 rings (SSSR count). The van der Waals surface area contributed by atoms with Crippen LogP contribution in [0.2, 0.25) is 0 Å². The first-order valence-corrected chi connectivity index (χ1v) is 7.06. The second-order valence-electron chi connectivity index (χ2n) is 6.22. The van der Waals surface area contributed by atoms with Crippen LogP contribution in [-0.2, 0) is 19.4 Å². The van der Waals surface area contributed by atoms with Crippen molar-refractivity contribution in [3.8, 4) is 0 Å². The largest absolute Gasteiger partial charge is 0.389 e. The van der Waals surface area contributed by atoms with E-state index in [1.165, 1.54) is 5.69 Å². The Kier molecular flexibility index (Phi) is 4.97. The minimum atomic E-state index is -0.418. The summed E-state index contributed by atoms with van der Waals surface area (Å²) in [6.45, 7) is 13.8. The molecule has 1 unspecified atom stereocenters. The molecule has 18 heavy (non-hydrogen) atoms. The summed E-state index contributed by atoms with van der Waals surface area (Å²) in [7, 11) is 0. The Labute approximate surface area is 111 Å². The monoisotopic (exact) mass is 252 g/mol. The number of hydrogen-bond acceptors (Lipinski definition) is 2. The van der Waals surface area contributed by atoms with Gasteiger partial charge in [-0.15, -0.1) is 0 Å². The van der Waals surface area contributed by atoms with Gasteiger partial charge in [-0.25, -0.2) is 0 Å². The molecule has 104 valence electrons. The van der Waals surface area contributed by atoms with Crippen LogP contribution in [0.5, 0.6) is 0 Å². The summed E-state index contributed by atoms with van der Waals surface area (Å²) in [5.41, 5.74) is 3.62. The van der Waals surface area contributed by atoms with E-state index in [1.54, 1.807) is 0 Å². The molecule has 1 atom stereocenters. The lowest BCUT2D eigenvalue weighted by atomic mass is 9.92. The van der Waals surface area contributed by atoms with Crippen molar-refractivity contribution in [2.75, 3.05) is 0 Å². The fourth-order valence-corrected chi connectivity index (χ4v) is 2.31. The molecule has 0 aromatic carbocycles. The summed E-state index contributed by atoms with van der Waals surface area (Å²) in [5, 5.41) is 14.6. The second kappa shape index (κ2) is 5.87. The number of aliphatic hydroxyl groups is 1. The predicted octanol–water partition coefficient (Wildman–Crippen LogP) is 3.50. The molecule has 1 aromatic rings. The third kappa shape index (κ3) is 3.58. The molecule has 3 nitrogen and oxygen atoms in total. The Hall–Kier alpha value is -0.830. The number of nitrogens with zero attached hydrogens (tertiary/aromatic N) is 2. The molecule has 3 heteroatoms. The highest BCUT2D eigenvalue weighted by Crippen LogP contribution is 2.26. The fourth-order valence-electron chi connectivity index (χ4n) is 2.31. The molecule has 0 aliphatic rings. The SMILES string of the molecule is CCc1nn(CCC(C)(C)C)c(CC)c1C(C)O. The van der Waals surface area contributed by atoms with Crippen molar-refractivity contribution in [1.29, 1.82) is 0 Å². The van der Waals surface area contributed by atoms with E-state index >= 15 is 0 Å². The first-order valence-electron chi connectivity index (χ1n) is 7.06. The van der Waals surface area contributed by atoms with E-state index in [0.29, 0.717) is 5.41 Å². The average molecular weight is 252 g/mol. The van der Waals surface area contributed by atoms with Crippen LogP contribution in [0.15, 0.2) is 0 Å². The molecule has 0 fully saturated rings. The molecule has 1 aromatic heterocycles. The maximum absolute atomic E-state index is 9.94. The number of hydrogen-bond donors (Lipinski definition) is 1. The van der Waals surface area contributed by atoms with Crippen LogP contribution in [0, 0.1) is 5.41 Å². The van der Waals surface area contributed by atoms with Gasteiger partial charge in [0.1, 0.15) is 0 Å². The van der Waals surface area contributed by atoms with Crippen LogP contribution >= 0.6 is 0 Å². The molecular formula is C15H28N2O. The Morgan fingerprint density at radius 1 is 1.22 bits per heavy atom. The second-order valence-corrected chi connectivity index (χ2v) is 6.22. The normalized spacial score (nSPS) is 13.9. The van der Waals surface area contributed by atoms with Gasteiger partial charge in [-0.05, 0) is 31.6 Å². The lowest BCUT2D eigenvalue weighted by molar-refractivity contribution is 0.197. The topological polar surface area (TPSA) is 38.0 Å². The fraction of sp³-hybridized carbons (Fsp3) is 0.800. The third-order valence-corrected chi connectivity index (χ3v) is 3.34. The van der Waals surface area contributed by atoms with Gasteiger partial charge < -0.3 is 5.11 Å². The first-order chi connectivity index (χ1) is 8.30. The van der Waals surface area contributed by atoms with Gasteiger partial charge in [-0.1, -0.05) is 34.6 Å². The minimum Gasteiger partial charge on any atom is -0.389 e. The maximum Gasteiger partial charge on any atom is 0.0798 e. The Morgan fingerprint density at radius 2 is 1.83 bits per heavy atom. The summed E-state index contributed by atoms with van der Waals surface area (Å²) < 4.78 is 2.10. The van der Waals surface area contributed by atoms with Crippen molar-refractivity contribution in [2.45, 2.75) is 73.5 Å². The molecule has 0 amide bonds. The quantitative estimate of drug-likeness (QED) is 0.871. The number of rotatable bonds is 5. The Balaban J connectivity index is 3.05. The van der Waals surface area contributed by atoms with E-state index in [1.807, 2.05) is 6.92 Å². The van der Waals surface area contributed by atoms with Gasteiger partial charge in [0.15, 0.2) is 0 Å². The van der Waals surface area contributed by atoms with Crippen LogP contribution < -0.4 is 0 Å². The Bertz CT molecular complexity index is 386. The van der Waals surface area contributed by atoms with Gasteiger partial charge in [0.2, 0.25) is 0 Å². The highest BCUT2D eigenvalue weighted by Gasteiger charge is 2.20.